The highest BCUT2D eigenvalue weighted by molar-refractivity contribution is 8.14. The first-order valence-electron chi connectivity index (χ1n) is 9.37. The molecule has 2 aliphatic heterocycles. The van der Waals surface area contributed by atoms with Crippen molar-refractivity contribution >= 4 is 16.9 Å². The second kappa shape index (κ2) is 6.38. The van der Waals surface area contributed by atoms with Gasteiger partial charge in [0, 0.05) is 24.9 Å². The Morgan fingerprint density at radius 1 is 1.25 bits per heavy atom. The molecule has 0 radical (unpaired) electrons. The highest BCUT2D eigenvalue weighted by atomic mass is 32.2. The molecule has 0 spiro atoms. The summed E-state index contributed by atoms with van der Waals surface area (Å²) in [6.45, 7) is 6.90. The van der Waals surface area contributed by atoms with Crippen molar-refractivity contribution < 1.29 is 0 Å². The normalized spacial score (nSPS) is 27.0. The van der Waals surface area contributed by atoms with Crippen molar-refractivity contribution in [1.82, 2.24) is 4.90 Å². The number of hydrogen-bond donors (Lipinski definition) is 1. The first kappa shape index (κ1) is 16.5. The quantitative estimate of drug-likeness (QED) is 0.842. The molecule has 1 saturated heterocycles. The lowest BCUT2D eigenvalue weighted by Gasteiger charge is -2.33. The summed E-state index contributed by atoms with van der Waals surface area (Å²) in [5, 5.41) is 1.24. The number of aryl methyl sites for hydroxylation is 1. The average molecular weight is 344 g/mol. The second-order valence-corrected chi connectivity index (χ2v) is 9.20. The van der Waals surface area contributed by atoms with Crippen molar-refractivity contribution in [2.45, 2.75) is 63.5 Å². The van der Waals surface area contributed by atoms with Gasteiger partial charge in [0.1, 0.15) is 0 Å². The highest BCUT2D eigenvalue weighted by Gasteiger charge is 2.30. The Morgan fingerprint density at radius 2 is 2.04 bits per heavy atom. The third kappa shape index (κ3) is 3.11. The van der Waals surface area contributed by atoms with Gasteiger partial charge in [0.05, 0.1) is 6.04 Å². The molecule has 1 unspecified atom stereocenters. The van der Waals surface area contributed by atoms with E-state index in [4.69, 9.17) is 10.7 Å². The van der Waals surface area contributed by atoms with Gasteiger partial charge in [-0.15, -0.1) is 0 Å². The second-order valence-electron chi connectivity index (χ2n) is 8.22. The fourth-order valence-corrected chi connectivity index (χ4v) is 5.48. The smallest absolute Gasteiger partial charge is 0.159 e. The molecule has 1 fully saturated rings. The zero-order chi connectivity index (χ0) is 16.7. The van der Waals surface area contributed by atoms with Gasteiger partial charge in [-0.05, 0) is 54.2 Å². The van der Waals surface area contributed by atoms with E-state index in [2.05, 4.69) is 36.9 Å². The summed E-state index contributed by atoms with van der Waals surface area (Å²) >= 11 is 1.93. The van der Waals surface area contributed by atoms with Gasteiger partial charge >= 0.3 is 0 Å². The minimum absolute atomic E-state index is 0.330. The van der Waals surface area contributed by atoms with Gasteiger partial charge in [-0.2, -0.15) is 0 Å². The van der Waals surface area contributed by atoms with Crippen LogP contribution in [0.3, 0.4) is 0 Å². The van der Waals surface area contributed by atoms with Crippen LogP contribution in [0.15, 0.2) is 23.2 Å². The van der Waals surface area contributed by atoms with E-state index < -0.39 is 0 Å². The number of thioether (sulfide) groups is 1. The van der Waals surface area contributed by atoms with Crippen molar-refractivity contribution in [3.63, 3.8) is 0 Å². The summed E-state index contributed by atoms with van der Waals surface area (Å²) < 4.78 is 0. The molecule has 130 valence electrons. The van der Waals surface area contributed by atoms with Crippen LogP contribution in [0.5, 0.6) is 0 Å². The molecule has 4 heteroatoms. The third-order valence-electron chi connectivity index (χ3n) is 5.94. The molecule has 1 atom stereocenters. The number of likely N-dealkylation sites (tertiary alicyclic amines) is 1. The predicted octanol–water partition coefficient (Wildman–Crippen LogP) is 3.87. The number of aliphatic imine (C=N–C) groups is 1. The summed E-state index contributed by atoms with van der Waals surface area (Å²) in [6.07, 6.45) is 6.03. The molecule has 1 aromatic carbocycles. The Balaban J connectivity index is 1.53. The van der Waals surface area contributed by atoms with Crippen LogP contribution in [0.25, 0.3) is 0 Å². The molecule has 2 N–H and O–H groups in total. The molecule has 0 bridgehead atoms. The summed E-state index contributed by atoms with van der Waals surface area (Å²) in [6, 6.07) is 7.86. The van der Waals surface area contributed by atoms with Gasteiger partial charge in [-0.25, -0.2) is 0 Å². The van der Waals surface area contributed by atoms with Crippen molar-refractivity contribution in [2.75, 3.05) is 18.8 Å². The number of benzene rings is 1. The Hall–Kier alpha value is -1.00. The van der Waals surface area contributed by atoms with Crippen LogP contribution in [0.1, 0.15) is 62.3 Å². The Kier molecular flexibility index (Phi) is 4.38. The lowest BCUT2D eigenvalue weighted by Crippen LogP contribution is -2.41. The van der Waals surface area contributed by atoms with E-state index in [1.54, 1.807) is 11.1 Å². The molecule has 0 amide bonds. The van der Waals surface area contributed by atoms with Crippen molar-refractivity contribution in [2.24, 2.45) is 10.7 Å². The van der Waals surface area contributed by atoms with Gasteiger partial charge < -0.3 is 10.6 Å². The molecule has 1 aliphatic carbocycles. The summed E-state index contributed by atoms with van der Waals surface area (Å²) in [5.74, 6) is 1.08. The topological polar surface area (TPSA) is 41.6 Å². The minimum Gasteiger partial charge on any atom is -0.351 e. The van der Waals surface area contributed by atoms with Gasteiger partial charge in [0.2, 0.25) is 0 Å². The van der Waals surface area contributed by atoms with E-state index >= 15 is 0 Å². The van der Waals surface area contributed by atoms with E-state index in [1.807, 2.05) is 11.8 Å². The van der Waals surface area contributed by atoms with Crippen LogP contribution < -0.4 is 5.73 Å². The van der Waals surface area contributed by atoms with E-state index in [-0.39, 0.29) is 0 Å². The molecule has 2 heterocycles. The van der Waals surface area contributed by atoms with Crippen LogP contribution in [0.2, 0.25) is 0 Å². The van der Waals surface area contributed by atoms with Crippen molar-refractivity contribution in [1.29, 1.82) is 0 Å². The largest absolute Gasteiger partial charge is 0.351 e. The Bertz CT molecular complexity index is 644. The molecule has 24 heavy (non-hydrogen) atoms. The third-order valence-corrected chi connectivity index (χ3v) is 7.04. The van der Waals surface area contributed by atoms with Crippen molar-refractivity contribution in [3.05, 3.63) is 34.9 Å². The van der Waals surface area contributed by atoms with E-state index in [0.717, 1.165) is 31.7 Å². The fourth-order valence-electron chi connectivity index (χ4n) is 4.34. The lowest BCUT2D eigenvalue weighted by molar-refractivity contribution is 0.318. The van der Waals surface area contributed by atoms with Gasteiger partial charge in [-0.3, -0.25) is 4.99 Å². The van der Waals surface area contributed by atoms with Gasteiger partial charge in [-0.1, -0.05) is 43.8 Å². The maximum absolute atomic E-state index is 6.03. The molecule has 3 nitrogen and oxygen atoms in total. The Labute approximate surface area is 150 Å². The molecular weight excluding hydrogens is 314 g/mol. The molecule has 3 aliphatic rings. The van der Waals surface area contributed by atoms with Crippen molar-refractivity contribution in [3.8, 4) is 0 Å². The minimum atomic E-state index is 0.330. The number of rotatable bonds is 1. The van der Waals surface area contributed by atoms with Gasteiger partial charge in [0.15, 0.2) is 5.17 Å². The zero-order valence-corrected chi connectivity index (χ0v) is 15.7. The highest BCUT2D eigenvalue weighted by Crippen LogP contribution is 2.39. The summed E-state index contributed by atoms with van der Waals surface area (Å²) in [4.78, 5) is 7.50. The maximum Gasteiger partial charge on any atom is 0.159 e. The van der Waals surface area contributed by atoms with Crippen LogP contribution in [0, 0.1) is 0 Å². The van der Waals surface area contributed by atoms with E-state index in [9.17, 15) is 0 Å². The summed E-state index contributed by atoms with van der Waals surface area (Å²) in [7, 11) is 0. The van der Waals surface area contributed by atoms with Crippen LogP contribution in [0.4, 0.5) is 0 Å². The predicted molar refractivity (Wildman–Crippen MR) is 104 cm³/mol. The van der Waals surface area contributed by atoms with Crippen LogP contribution in [-0.2, 0) is 11.8 Å². The number of nitrogens with two attached hydrogens (primary N) is 1. The van der Waals surface area contributed by atoms with Crippen LogP contribution >= 0.6 is 11.8 Å². The molecule has 4 rings (SSSR count). The first-order chi connectivity index (χ1) is 11.5. The van der Waals surface area contributed by atoms with Gasteiger partial charge in [0.25, 0.3) is 0 Å². The fraction of sp³-hybridized carbons (Fsp3) is 0.650. The van der Waals surface area contributed by atoms with Crippen LogP contribution in [-0.4, -0.2) is 35.0 Å². The molecule has 1 aromatic rings. The summed E-state index contributed by atoms with van der Waals surface area (Å²) in [5.41, 5.74) is 10.9. The number of piperidine rings is 1. The maximum atomic E-state index is 6.03. The monoisotopic (exact) mass is 343 g/mol. The molecule has 0 aromatic heterocycles. The first-order valence-corrected chi connectivity index (χ1v) is 10.4. The molecule has 0 saturated carbocycles. The Morgan fingerprint density at radius 3 is 2.83 bits per heavy atom. The van der Waals surface area contributed by atoms with E-state index in [1.165, 1.54) is 30.0 Å². The standard InChI is InChI=1S/C20H29N3S/c1-20(2)9-3-4-14-12-15(5-6-17(14)20)18-13-24-19(22-18)23-10-7-16(21)8-11-23/h5-6,12,16,18H,3-4,7-11,13,21H2,1-2H3. The SMILES string of the molecule is CC1(C)CCCc2cc(C3CSC(N4CCC(N)CC4)=N3)ccc21. The number of nitrogens with zero attached hydrogens (tertiary/aromatic N) is 2. The number of amidine groups is 1. The molecular formula is C20H29N3S. The lowest BCUT2D eigenvalue weighted by atomic mass is 9.72. The number of fused-ring (bicyclic) bond motifs is 1. The number of hydrogen-bond acceptors (Lipinski definition) is 4. The zero-order valence-electron chi connectivity index (χ0n) is 14.9. The average Bonchev–Trinajstić information content (AvgIpc) is 3.05. The van der Waals surface area contributed by atoms with E-state index in [0.29, 0.717) is 17.5 Å².